The van der Waals surface area contributed by atoms with Crippen LogP contribution in [-0.4, -0.2) is 32.4 Å². The van der Waals surface area contributed by atoms with E-state index in [1.54, 1.807) is 0 Å². The number of hydrogen-bond donors (Lipinski definition) is 1. The second-order valence-electron chi connectivity index (χ2n) is 7.94. The summed E-state index contributed by atoms with van der Waals surface area (Å²) in [6.45, 7) is 2.69. The van der Waals surface area contributed by atoms with Gasteiger partial charge in [0.25, 0.3) is 0 Å². The Morgan fingerprint density at radius 3 is 1.93 bits per heavy atom. The zero-order valence-corrected chi connectivity index (χ0v) is 18.1. The van der Waals surface area contributed by atoms with E-state index in [4.69, 9.17) is 4.74 Å². The number of aryl methyl sites for hydroxylation is 1. The molecule has 1 unspecified atom stereocenters. The van der Waals surface area contributed by atoms with E-state index in [1.807, 2.05) is 38.4 Å². The van der Waals surface area contributed by atoms with Crippen molar-refractivity contribution in [3.05, 3.63) is 95.1 Å². The fourth-order valence-corrected chi connectivity index (χ4v) is 3.20. The standard InChI is InChI=1S/C27H31NO2/c1-21-4-6-24(7-5-21)18-25(19-29)20-30-27-16-12-23(13-17-27)9-8-22-10-14-26(15-11-22)28(2)3/h4-17,25,29H,18-20H2,1-3H3/b9-8+. The second kappa shape index (κ2) is 10.7. The van der Waals surface area contributed by atoms with E-state index in [-0.39, 0.29) is 12.5 Å². The predicted molar refractivity (Wildman–Crippen MR) is 127 cm³/mol. The molecule has 0 saturated carbocycles. The largest absolute Gasteiger partial charge is 0.493 e. The lowest BCUT2D eigenvalue weighted by molar-refractivity contribution is 0.162. The number of nitrogens with zero attached hydrogens (tertiary/aromatic N) is 1. The Labute approximate surface area is 180 Å². The van der Waals surface area contributed by atoms with Gasteiger partial charge in [0.05, 0.1) is 6.61 Å². The molecular formula is C27H31NO2. The second-order valence-corrected chi connectivity index (χ2v) is 7.94. The van der Waals surface area contributed by atoms with E-state index in [9.17, 15) is 5.11 Å². The third-order valence-corrected chi connectivity index (χ3v) is 5.15. The van der Waals surface area contributed by atoms with Gasteiger partial charge in [-0.15, -0.1) is 0 Å². The van der Waals surface area contributed by atoms with Gasteiger partial charge in [-0.1, -0.05) is 66.2 Å². The van der Waals surface area contributed by atoms with Crippen molar-refractivity contribution >= 4 is 17.8 Å². The maximum atomic E-state index is 9.70. The fraction of sp³-hybridized carbons (Fsp3) is 0.259. The van der Waals surface area contributed by atoms with Crippen molar-refractivity contribution in [3.8, 4) is 5.75 Å². The molecule has 3 rings (SSSR count). The lowest BCUT2D eigenvalue weighted by atomic mass is 10.00. The van der Waals surface area contributed by atoms with E-state index in [2.05, 4.69) is 72.5 Å². The Kier molecular flexibility index (Phi) is 7.69. The van der Waals surface area contributed by atoms with Gasteiger partial charge in [0.2, 0.25) is 0 Å². The molecule has 3 aromatic rings. The number of hydrogen-bond acceptors (Lipinski definition) is 3. The molecule has 1 N–H and O–H groups in total. The number of rotatable bonds is 9. The average Bonchev–Trinajstić information content (AvgIpc) is 2.77. The molecule has 3 aromatic carbocycles. The molecule has 0 bridgehead atoms. The average molecular weight is 402 g/mol. The molecule has 3 nitrogen and oxygen atoms in total. The molecule has 0 aliphatic carbocycles. The van der Waals surface area contributed by atoms with Gasteiger partial charge < -0.3 is 14.7 Å². The van der Waals surface area contributed by atoms with Crippen molar-refractivity contribution in [1.82, 2.24) is 0 Å². The monoisotopic (exact) mass is 401 g/mol. The third-order valence-electron chi connectivity index (χ3n) is 5.15. The summed E-state index contributed by atoms with van der Waals surface area (Å²) in [5, 5.41) is 9.70. The summed E-state index contributed by atoms with van der Waals surface area (Å²) in [6, 6.07) is 25.0. The van der Waals surface area contributed by atoms with Crippen molar-refractivity contribution in [1.29, 1.82) is 0 Å². The molecule has 0 amide bonds. The van der Waals surface area contributed by atoms with E-state index in [0.29, 0.717) is 6.61 Å². The first-order valence-corrected chi connectivity index (χ1v) is 10.4. The molecule has 0 heterocycles. The van der Waals surface area contributed by atoms with Crippen LogP contribution in [0.25, 0.3) is 12.2 Å². The molecule has 1 atom stereocenters. The summed E-state index contributed by atoms with van der Waals surface area (Å²) in [7, 11) is 4.08. The van der Waals surface area contributed by atoms with Crippen molar-refractivity contribution in [2.24, 2.45) is 5.92 Å². The topological polar surface area (TPSA) is 32.7 Å². The van der Waals surface area contributed by atoms with E-state index >= 15 is 0 Å². The number of anilines is 1. The Morgan fingerprint density at radius 2 is 1.40 bits per heavy atom. The maximum Gasteiger partial charge on any atom is 0.119 e. The number of ether oxygens (including phenoxy) is 1. The minimum atomic E-state index is 0.0809. The highest BCUT2D eigenvalue weighted by Crippen LogP contribution is 2.18. The smallest absolute Gasteiger partial charge is 0.119 e. The van der Waals surface area contributed by atoms with Crippen LogP contribution >= 0.6 is 0 Å². The van der Waals surface area contributed by atoms with Crippen LogP contribution in [0.2, 0.25) is 0 Å². The van der Waals surface area contributed by atoms with Gasteiger partial charge in [-0.25, -0.2) is 0 Å². The fourth-order valence-electron chi connectivity index (χ4n) is 3.20. The lowest BCUT2D eigenvalue weighted by Gasteiger charge is -2.15. The molecule has 156 valence electrons. The number of aliphatic hydroxyl groups is 1. The molecule has 0 saturated heterocycles. The molecule has 0 fully saturated rings. The molecule has 3 heteroatoms. The van der Waals surface area contributed by atoms with Gasteiger partial charge in [0, 0.05) is 32.3 Å². The first-order valence-electron chi connectivity index (χ1n) is 10.4. The summed E-state index contributed by atoms with van der Waals surface area (Å²) in [6.07, 6.45) is 5.02. The highest BCUT2D eigenvalue weighted by atomic mass is 16.5. The zero-order chi connectivity index (χ0) is 21.3. The number of benzene rings is 3. The highest BCUT2D eigenvalue weighted by Gasteiger charge is 2.10. The van der Waals surface area contributed by atoms with Crippen LogP contribution in [-0.2, 0) is 6.42 Å². The first kappa shape index (κ1) is 21.7. The molecule has 0 aromatic heterocycles. The van der Waals surface area contributed by atoms with Crippen molar-refractivity contribution in [2.75, 3.05) is 32.2 Å². The van der Waals surface area contributed by atoms with Crippen LogP contribution in [0.4, 0.5) is 5.69 Å². The predicted octanol–water partition coefficient (Wildman–Crippen LogP) is 5.46. The van der Waals surface area contributed by atoms with Gasteiger partial charge in [-0.05, 0) is 54.3 Å². The van der Waals surface area contributed by atoms with Crippen molar-refractivity contribution in [3.63, 3.8) is 0 Å². The van der Waals surface area contributed by atoms with Gasteiger partial charge in [0.15, 0.2) is 0 Å². The number of aliphatic hydroxyl groups excluding tert-OH is 1. The van der Waals surface area contributed by atoms with Gasteiger partial charge in [-0.3, -0.25) is 0 Å². The van der Waals surface area contributed by atoms with Crippen LogP contribution in [0.3, 0.4) is 0 Å². The minimum Gasteiger partial charge on any atom is -0.493 e. The summed E-state index contributed by atoms with van der Waals surface area (Å²) in [5.41, 5.74) is 5.95. The van der Waals surface area contributed by atoms with E-state index < -0.39 is 0 Å². The van der Waals surface area contributed by atoms with E-state index in [1.165, 1.54) is 22.4 Å². The van der Waals surface area contributed by atoms with Gasteiger partial charge in [0.1, 0.15) is 5.75 Å². The summed E-state index contributed by atoms with van der Waals surface area (Å²) >= 11 is 0. The van der Waals surface area contributed by atoms with Crippen LogP contribution in [0.5, 0.6) is 5.75 Å². The summed E-state index contributed by atoms with van der Waals surface area (Å²) in [4.78, 5) is 2.09. The Bertz CT molecular complexity index is 926. The minimum absolute atomic E-state index is 0.0809. The molecule has 0 aliphatic rings. The first-order chi connectivity index (χ1) is 14.5. The summed E-state index contributed by atoms with van der Waals surface area (Å²) in [5.74, 6) is 0.905. The molecule has 0 radical (unpaired) electrons. The molecule has 0 spiro atoms. The summed E-state index contributed by atoms with van der Waals surface area (Å²) < 4.78 is 5.92. The van der Waals surface area contributed by atoms with Crippen LogP contribution in [0, 0.1) is 12.8 Å². The van der Waals surface area contributed by atoms with Gasteiger partial charge in [-0.2, -0.15) is 0 Å². The Balaban J connectivity index is 1.52. The third kappa shape index (κ3) is 6.50. The molecular weight excluding hydrogens is 370 g/mol. The Morgan fingerprint density at radius 1 is 0.833 bits per heavy atom. The molecule has 0 aliphatic heterocycles. The maximum absolute atomic E-state index is 9.70. The van der Waals surface area contributed by atoms with Crippen LogP contribution < -0.4 is 9.64 Å². The lowest BCUT2D eigenvalue weighted by Crippen LogP contribution is -2.18. The van der Waals surface area contributed by atoms with Crippen molar-refractivity contribution < 1.29 is 9.84 Å². The van der Waals surface area contributed by atoms with Crippen molar-refractivity contribution in [2.45, 2.75) is 13.3 Å². The van der Waals surface area contributed by atoms with E-state index in [0.717, 1.165) is 17.7 Å². The SMILES string of the molecule is Cc1ccc(CC(CO)COc2ccc(/C=C/c3ccc(N(C)C)cc3)cc2)cc1. The van der Waals surface area contributed by atoms with Gasteiger partial charge >= 0.3 is 0 Å². The normalized spacial score (nSPS) is 12.1. The van der Waals surface area contributed by atoms with Crippen LogP contribution in [0.1, 0.15) is 22.3 Å². The van der Waals surface area contributed by atoms with Crippen LogP contribution in [0.15, 0.2) is 72.8 Å². The molecule has 30 heavy (non-hydrogen) atoms. The Hall–Kier alpha value is -3.04. The quantitative estimate of drug-likeness (QED) is 0.483. The zero-order valence-electron chi connectivity index (χ0n) is 18.1. The highest BCUT2D eigenvalue weighted by molar-refractivity contribution is 5.70.